The predicted octanol–water partition coefficient (Wildman–Crippen LogP) is 1.24. The molecule has 12 heavy (non-hydrogen) atoms. The summed E-state index contributed by atoms with van der Waals surface area (Å²) in [6, 6.07) is 4.72. The Kier molecular flexibility index (Phi) is 2.83. The summed E-state index contributed by atoms with van der Waals surface area (Å²) in [7, 11) is 1.55. The lowest BCUT2D eigenvalue weighted by Crippen LogP contribution is -1.92. The van der Waals surface area contributed by atoms with Gasteiger partial charge in [-0.2, -0.15) is 0 Å². The first-order chi connectivity index (χ1) is 5.65. The molecule has 4 heteroatoms. The maximum Gasteiger partial charge on any atom is 0.121 e. The lowest BCUT2D eigenvalue weighted by Gasteiger charge is -2.08. The Morgan fingerprint density at radius 2 is 2.17 bits per heavy atom. The standard InChI is InChI=1S/C8H10O3S/c1-6-5-7(12(9)10)3-4-8(6)11-2/h3-5H,1-2H3,(H,9,10)/p-1. The van der Waals surface area contributed by atoms with E-state index in [2.05, 4.69) is 0 Å². The van der Waals surface area contributed by atoms with Gasteiger partial charge in [0, 0.05) is 4.90 Å². The fraction of sp³-hybridized carbons (Fsp3) is 0.250. The zero-order valence-corrected chi connectivity index (χ0v) is 7.68. The zero-order valence-electron chi connectivity index (χ0n) is 6.87. The molecular formula is C8H9O3S-. The van der Waals surface area contributed by atoms with Gasteiger partial charge in [0.2, 0.25) is 0 Å². The molecule has 0 aliphatic carbocycles. The van der Waals surface area contributed by atoms with E-state index < -0.39 is 11.1 Å². The van der Waals surface area contributed by atoms with E-state index >= 15 is 0 Å². The van der Waals surface area contributed by atoms with E-state index in [1.807, 2.05) is 0 Å². The largest absolute Gasteiger partial charge is 0.768 e. The third-order valence-corrected chi connectivity index (χ3v) is 2.20. The van der Waals surface area contributed by atoms with Gasteiger partial charge >= 0.3 is 0 Å². The second-order valence-corrected chi connectivity index (χ2v) is 3.31. The second-order valence-electron chi connectivity index (χ2n) is 2.37. The molecule has 0 spiro atoms. The monoisotopic (exact) mass is 185 g/mol. The van der Waals surface area contributed by atoms with E-state index in [4.69, 9.17) is 4.74 Å². The number of rotatable bonds is 2. The zero-order chi connectivity index (χ0) is 9.14. The first-order valence-electron chi connectivity index (χ1n) is 3.39. The third-order valence-electron chi connectivity index (χ3n) is 1.56. The molecule has 0 aliphatic rings. The molecule has 0 saturated carbocycles. The lowest BCUT2D eigenvalue weighted by atomic mass is 10.2. The van der Waals surface area contributed by atoms with Crippen LogP contribution in [0, 0.1) is 6.92 Å². The van der Waals surface area contributed by atoms with Crippen molar-refractivity contribution < 1.29 is 13.5 Å². The fourth-order valence-electron chi connectivity index (χ4n) is 0.955. The average Bonchev–Trinajstić information content (AvgIpc) is 2.04. The summed E-state index contributed by atoms with van der Waals surface area (Å²) in [4.78, 5) is 0.285. The molecule has 66 valence electrons. The molecule has 1 aromatic rings. The summed E-state index contributed by atoms with van der Waals surface area (Å²) < 4.78 is 26.0. The molecule has 0 aliphatic heterocycles. The number of aryl methyl sites for hydroxylation is 1. The van der Waals surface area contributed by atoms with Crippen molar-refractivity contribution in [3.05, 3.63) is 23.8 Å². The Bertz CT molecular complexity index is 309. The van der Waals surface area contributed by atoms with Crippen molar-refractivity contribution in [2.75, 3.05) is 7.11 Å². The Hall–Kier alpha value is -0.870. The highest BCUT2D eigenvalue weighted by Gasteiger charge is 1.98. The summed E-state index contributed by atoms with van der Waals surface area (Å²) in [6.45, 7) is 1.80. The van der Waals surface area contributed by atoms with Gasteiger partial charge in [0.25, 0.3) is 0 Å². The van der Waals surface area contributed by atoms with E-state index in [0.29, 0.717) is 5.75 Å². The van der Waals surface area contributed by atoms with Gasteiger partial charge < -0.3 is 9.29 Å². The van der Waals surface area contributed by atoms with E-state index in [9.17, 15) is 8.76 Å². The van der Waals surface area contributed by atoms with Gasteiger partial charge in [0.15, 0.2) is 0 Å². The Morgan fingerprint density at radius 1 is 1.50 bits per heavy atom. The molecule has 0 saturated heterocycles. The summed E-state index contributed by atoms with van der Waals surface area (Å²) in [5.74, 6) is 0.698. The van der Waals surface area contributed by atoms with Gasteiger partial charge in [0.05, 0.1) is 7.11 Å². The van der Waals surface area contributed by atoms with Crippen LogP contribution in [0.15, 0.2) is 23.1 Å². The highest BCUT2D eigenvalue weighted by atomic mass is 32.2. The van der Waals surface area contributed by atoms with Crippen LogP contribution < -0.4 is 4.74 Å². The van der Waals surface area contributed by atoms with Gasteiger partial charge in [-0.15, -0.1) is 0 Å². The summed E-state index contributed by atoms with van der Waals surface area (Å²) >= 11 is -2.16. The quantitative estimate of drug-likeness (QED) is 0.651. The number of ether oxygens (including phenoxy) is 1. The molecule has 3 nitrogen and oxygen atoms in total. The van der Waals surface area contributed by atoms with Crippen molar-refractivity contribution in [2.24, 2.45) is 0 Å². The fourth-order valence-corrected chi connectivity index (χ4v) is 1.41. The van der Waals surface area contributed by atoms with Crippen LogP contribution in [0.2, 0.25) is 0 Å². The molecule has 0 heterocycles. The van der Waals surface area contributed by atoms with Crippen LogP contribution in [-0.2, 0) is 11.1 Å². The molecule has 0 bridgehead atoms. The van der Waals surface area contributed by atoms with E-state index in [1.54, 1.807) is 26.2 Å². The smallest absolute Gasteiger partial charge is 0.121 e. The highest BCUT2D eigenvalue weighted by molar-refractivity contribution is 7.79. The van der Waals surface area contributed by atoms with Crippen LogP contribution >= 0.6 is 0 Å². The summed E-state index contributed by atoms with van der Waals surface area (Å²) in [5.41, 5.74) is 0.819. The van der Waals surface area contributed by atoms with E-state index in [1.165, 1.54) is 6.07 Å². The maximum atomic E-state index is 10.5. The van der Waals surface area contributed by atoms with Crippen molar-refractivity contribution in [1.29, 1.82) is 0 Å². The first-order valence-corrected chi connectivity index (χ1v) is 4.46. The van der Waals surface area contributed by atoms with E-state index in [-0.39, 0.29) is 4.90 Å². The molecule has 0 amide bonds. The Balaban J connectivity index is 3.10. The summed E-state index contributed by atoms with van der Waals surface area (Å²) in [5, 5.41) is 0. The average molecular weight is 185 g/mol. The van der Waals surface area contributed by atoms with Gasteiger partial charge in [-0.1, -0.05) is 0 Å². The molecule has 0 radical (unpaired) electrons. The minimum atomic E-state index is -2.16. The second kappa shape index (κ2) is 3.69. The van der Waals surface area contributed by atoms with Crippen molar-refractivity contribution >= 4 is 11.1 Å². The number of hydrogen-bond donors (Lipinski definition) is 0. The minimum Gasteiger partial charge on any atom is -0.768 e. The molecule has 1 unspecified atom stereocenters. The van der Waals surface area contributed by atoms with Crippen LogP contribution in [0.5, 0.6) is 5.75 Å². The van der Waals surface area contributed by atoms with Gasteiger partial charge in [-0.3, -0.25) is 4.21 Å². The molecule has 1 rings (SSSR count). The van der Waals surface area contributed by atoms with Crippen molar-refractivity contribution in [3.63, 3.8) is 0 Å². The SMILES string of the molecule is COc1ccc(S(=O)[O-])cc1C. The third kappa shape index (κ3) is 1.84. The molecule has 1 aromatic carbocycles. The molecule has 0 aromatic heterocycles. The normalized spacial score (nSPS) is 12.6. The van der Waals surface area contributed by atoms with Crippen LogP contribution in [-0.4, -0.2) is 15.9 Å². The lowest BCUT2D eigenvalue weighted by molar-refractivity contribution is 0.411. The van der Waals surface area contributed by atoms with Crippen LogP contribution in [0.1, 0.15) is 5.56 Å². The Morgan fingerprint density at radius 3 is 2.58 bits per heavy atom. The topological polar surface area (TPSA) is 49.4 Å². The van der Waals surface area contributed by atoms with Crippen LogP contribution in [0.4, 0.5) is 0 Å². The number of benzene rings is 1. The van der Waals surface area contributed by atoms with Gasteiger partial charge in [-0.05, 0) is 41.8 Å². The molecule has 0 N–H and O–H groups in total. The molecule has 0 fully saturated rings. The number of methoxy groups -OCH3 is 1. The van der Waals surface area contributed by atoms with Crippen molar-refractivity contribution in [3.8, 4) is 5.75 Å². The predicted molar refractivity (Wildman–Crippen MR) is 44.9 cm³/mol. The molecular weight excluding hydrogens is 176 g/mol. The Labute approximate surface area is 73.7 Å². The first kappa shape index (κ1) is 9.22. The van der Waals surface area contributed by atoms with Crippen LogP contribution in [0.3, 0.4) is 0 Å². The van der Waals surface area contributed by atoms with Crippen molar-refractivity contribution in [2.45, 2.75) is 11.8 Å². The van der Waals surface area contributed by atoms with Crippen LogP contribution in [0.25, 0.3) is 0 Å². The molecule has 1 atom stereocenters. The highest BCUT2D eigenvalue weighted by Crippen LogP contribution is 2.19. The van der Waals surface area contributed by atoms with E-state index in [0.717, 1.165) is 5.56 Å². The van der Waals surface area contributed by atoms with Gasteiger partial charge in [-0.25, -0.2) is 0 Å². The minimum absolute atomic E-state index is 0.285. The van der Waals surface area contributed by atoms with Crippen molar-refractivity contribution in [1.82, 2.24) is 0 Å². The number of hydrogen-bond acceptors (Lipinski definition) is 3. The summed E-state index contributed by atoms with van der Waals surface area (Å²) in [6.07, 6.45) is 0. The maximum absolute atomic E-state index is 10.5. The van der Waals surface area contributed by atoms with Gasteiger partial charge in [0.1, 0.15) is 5.75 Å².